The molecule has 3 nitrogen and oxygen atoms in total. The molecule has 144 valence electrons. The highest BCUT2D eigenvalue weighted by Gasteiger charge is 2.21. The quantitative estimate of drug-likeness (QED) is 0.409. The molecule has 0 radical (unpaired) electrons. The molecule has 0 aliphatic rings. The second-order valence-corrected chi connectivity index (χ2v) is 7.90. The van der Waals surface area contributed by atoms with Gasteiger partial charge in [0.05, 0.1) is 0 Å². The first-order valence-electron chi connectivity index (χ1n) is 9.43. The highest BCUT2D eigenvalue weighted by molar-refractivity contribution is 5.74. The van der Waals surface area contributed by atoms with Crippen LogP contribution in [0.3, 0.4) is 0 Å². The van der Waals surface area contributed by atoms with Crippen LogP contribution in [0.15, 0.2) is 72.8 Å². The van der Waals surface area contributed by atoms with Gasteiger partial charge in [0.25, 0.3) is 0 Å². The fourth-order valence-electron chi connectivity index (χ4n) is 2.99. The van der Waals surface area contributed by atoms with Crippen LogP contribution in [0.25, 0.3) is 11.1 Å². The minimum atomic E-state index is -0.415. The first-order valence-corrected chi connectivity index (χ1v) is 9.43. The largest absolute Gasteiger partial charge is 0.482 e. The lowest BCUT2D eigenvalue weighted by Crippen LogP contribution is -2.21. The maximum absolute atomic E-state index is 12.3. The van der Waals surface area contributed by atoms with Crippen molar-refractivity contribution in [1.82, 2.24) is 0 Å². The molecule has 3 aromatic carbocycles. The minimum Gasteiger partial charge on any atom is -0.482 e. The van der Waals surface area contributed by atoms with Gasteiger partial charge in [-0.25, -0.2) is 4.79 Å². The zero-order chi connectivity index (χ0) is 20.1. The second kappa shape index (κ2) is 8.30. The molecule has 0 unspecified atom stereocenters. The summed E-state index contributed by atoms with van der Waals surface area (Å²) >= 11 is 0. The summed E-state index contributed by atoms with van der Waals surface area (Å²) in [7, 11) is 0. The number of carbonyl (C=O) groups excluding carboxylic acids is 1. The molecule has 0 heterocycles. The van der Waals surface area contributed by atoms with Crippen LogP contribution in [-0.2, 0) is 10.2 Å². The number of esters is 1. The molecular weight excluding hydrogens is 348 g/mol. The molecule has 0 N–H and O–H groups in total. The summed E-state index contributed by atoms with van der Waals surface area (Å²) in [6, 6.07) is 23.7. The highest BCUT2D eigenvalue weighted by atomic mass is 16.6. The third-order valence-corrected chi connectivity index (χ3v) is 4.48. The van der Waals surface area contributed by atoms with Crippen molar-refractivity contribution >= 4 is 5.97 Å². The van der Waals surface area contributed by atoms with E-state index in [9.17, 15) is 4.79 Å². The Labute approximate surface area is 166 Å². The number of rotatable bonds is 5. The Morgan fingerprint density at radius 1 is 0.857 bits per heavy atom. The average Bonchev–Trinajstić information content (AvgIpc) is 2.68. The molecule has 0 atom stereocenters. The van der Waals surface area contributed by atoms with Crippen molar-refractivity contribution in [3.05, 3.63) is 83.9 Å². The number of hydrogen-bond donors (Lipinski definition) is 0. The zero-order valence-corrected chi connectivity index (χ0v) is 16.9. The molecule has 0 saturated heterocycles. The molecule has 0 saturated carbocycles. The first-order chi connectivity index (χ1) is 13.3. The summed E-state index contributed by atoms with van der Waals surface area (Å²) in [5, 5.41) is 0. The van der Waals surface area contributed by atoms with Crippen molar-refractivity contribution in [3.63, 3.8) is 0 Å². The summed E-state index contributed by atoms with van der Waals surface area (Å²) in [5.41, 5.74) is 4.27. The Morgan fingerprint density at radius 3 is 2.14 bits per heavy atom. The Hall–Kier alpha value is -3.07. The van der Waals surface area contributed by atoms with Crippen LogP contribution in [0.5, 0.6) is 11.5 Å². The van der Waals surface area contributed by atoms with Crippen molar-refractivity contribution in [2.45, 2.75) is 33.1 Å². The van der Waals surface area contributed by atoms with Crippen LogP contribution in [0.4, 0.5) is 0 Å². The topological polar surface area (TPSA) is 35.5 Å². The summed E-state index contributed by atoms with van der Waals surface area (Å²) in [5.74, 6) is 0.809. The van der Waals surface area contributed by atoms with E-state index in [1.165, 1.54) is 0 Å². The molecule has 0 aromatic heterocycles. The number of aryl methyl sites for hydroxylation is 1. The van der Waals surface area contributed by atoms with Crippen molar-refractivity contribution < 1.29 is 14.3 Å². The molecule has 0 aliphatic heterocycles. The van der Waals surface area contributed by atoms with Crippen LogP contribution in [0.2, 0.25) is 0 Å². The average molecular weight is 374 g/mol. The Bertz CT molecular complexity index is 936. The summed E-state index contributed by atoms with van der Waals surface area (Å²) in [6.45, 7) is 8.20. The number of carbonyl (C=O) groups is 1. The lowest BCUT2D eigenvalue weighted by molar-refractivity contribution is -0.136. The van der Waals surface area contributed by atoms with Gasteiger partial charge in [-0.15, -0.1) is 0 Å². The van der Waals surface area contributed by atoms with E-state index in [-0.39, 0.29) is 12.0 Å². The highest BCUT2D eigenvalue weighted by Crippen LogP contribution is 2.32. The Morgan fingerprint density at radius 2 is 1.50 bits per heavy atom. The van der Waals surface area contributed by atoms with E-state index in [0.717, 1.165) is 22.3 Å². The van der Waals surface area contributed by atoms with Gasteiger partial charge in [-0.2, -0.15) is 0 Å². The normalized spacial score (nSPS) is 11.1. The van der Waals surface area contributed by atoms with Crippen LogP contribution in [0.1, 0.15) is 31.9 Å². The van der Waals surface area contributed by atoms with E-state index < -0.39 is 5.97 Å². The fraction of sp³-hybridized carbons (Fsp3) is 0.240. The van der Waals surface area contributed by atoms with Gasteiger partial charge in [0.1, 0.15) is 11.5 Å². The molecule has 0 amide bonds. The van der Waals surface area contributed by atoms with Gasteiger partial charge in [-0.1, -0.05) is 80.9 Å². The maximum atomic E-state index is 12.3. The van der Waals surface area contributed by atoms with Crippen molar-refractivity contribution in [2.24, 2.45) is 0 Å². The van der Waals surface area contributed by atoms with Gasteiger partial charge in [0, 0.05) is 5.56 Å². The molecule has 0 bridgehead atoms. The van der Waals surface area contributed by atoms with E-state index in [0.29, 0.717) is 11.5 Å². The third kappa shape index (κ3) is 5.01. The Balaban J connectivity index is 1.62. The first kappa shape index (κ1) is 19.7. The van der Waals surface area contributed by atoms with Crippen LogP contribution >= 0.6 is 0 Å². The fourth-order valence-corrected chi connectivity index (χ4v) is 2.99. The minimum absolute atomic E-state index is 0.115. The standard InChI is InChI=1S/C25H26O3/c1-18-10-15-23(22(16-18)25(2,3)4)28-24(26)17-27-21-13-11-20(12-14-21)19-8-6-5-7-9-19/h5-16H,17H2,1-4H3. The molecule has 0 fully saturated rings. The van der Waals surface area contributed by atoms with Crippen LogP contribution in [0, 0.1) is 6.92 Å². The van der Waals surface area contributed by atoms with E-state index in [4.69, 9.17) is 9.47 Å². The van der Waals surface area contributed by atoms with Crippen LogP contribution in [-0.4, -0.2) is 12.6 Å². The molecule has 3 heteroatoms. The SMILES string of the molecule is Cc1ccc(OC(=O)COc2ccc(-c3ccccc3)cc2)c(C(C)(C)C)c1. The van der Waals surface area contributed by atoms with E-state index >= 15 is 0 Å². The molecule has 3 rings (SSSR count). The van der Waals surface area contributed by atoms with Gasteiger partial charge in [-0.3, -0.25) is 0 Å². The monoisotopic (exact) mass is 374 g/mol. The van der Waals surface area contributed by atoms with Crippen LogP contribution < -0.4 is 9.47 Å². The van der Waals surface area contributed by atoms with Gasteiger partial charge in [-0.05, 0) is 41.7 Å². The van der Waals surface area contributed by atoms with Crippen molar-refractivity contribution in [1.29, 1.82) is 0 Å². The molecule has 0 aliphatic carbocycles. The number of hydrogen-bond acceptors (Lipinski definition) is 3. The summed E-state index contributed by atoms with van der Waals surface area (Å²) in [6.07, 6.45) is 0. The van der Waals surface area contributed by atoms with E-state index in [1.807, 2.05) is 61.5 Å². The van der Waals surface area contributed by atoms with E-state index in [1.54, 1.807) is 0 Å². The molecule has 28 heavy (non-hydrogen) atoms. The Kier molecular flexibility index (Phi) is 5.84. The van der Waals surface area contributed by atoms with Crippen molar-refractivity contribution in [3.8, 4) is 22.6 Å². The predicted molar refractivity (Wildman–Crippen MR) is 113 cm³/mol. The number of benzene rings is 3. The summed E-state index contributed by atoms with van der Waals surface area (Å²) in [4.78, 5) is 12.3. The number of ether oxygens (including phenoxy) is 2. The molecular formula is C25H26O3. The smallest absolute Gasteiger partial charge is 0.349 e. The van der Waals surface area contributed by atoms with Gasteiger partial charge in [0.2, 0.25) is 0 Å². The second-order valence-electron chi connectivity index (χ2n) is 7.90. The molecule has 3 aromatic rings. The van der Waals surface area contributed by atoms with Gasteiger partial charge >= 0.3 is 5.97 Å². The lowest BCUT2D eigenvalue weighted by atomic mass is 9.85. The zero-order valence-electron chi connectivity index (χ0n) is 16.9. The predicted octanol–water partition coefficient (Wildman–Crippen LogP) is 5.94. The molecule has 0 spiro atoms. The van der Waals surface area contributed by atoms with Crippen molar-refractivity contribution in [2.75, 3.05) is 6.61 Å². The van der Waals surface area contributed by atoms with E-state index in [2.05, 4.69) is 39.0 Å². The van der Waals surface area contributed by atoms with Gasteiger partial charge in [0.15, 0.2) is 6.61 Å². The lowest BCUT2D eigenvalue weighted by Gasteiger charge is -2.22. The summed E-state index contributed by atoms with van der Waals surface area (Å²) < 4.78 is 11.2. The third-order valence-electron chi connectivity index (χ3n) is 4.48. The maximum Gasteiger partial charge on any atom is 0.349 e. The van der Waals surface area contributed by atoms with Gasteiger partial charge < -0.3 is 9.47 Å².